The van der Waals surface area contributed by atoms with Gasteiger partial charge in [-0.2, -0.15) is 0 Å². The van der Waals surface area contributed by atoms with E-state index in [9.17, 15) is 0 Å². The van der Waals surface area contributed by atoms with Crippen LogP contribution in [0.1, 0.15) is 39.0 Å². The number of hydrogen-bond donors (Lipinski definition) is 2. The fraction of sp³-hybridized carbons (Fsp3) is 1.00. The van der Waals surface area contributed by atoms with Crippen molar-refractivity contribution < 1.29 is 0 Å². The second-order valence-corrected chi connectivity index (χ2v) is 3.97. The minimum absolute atomic E-state index is 0.447. The number of nitrogens with two attached hydrogens (primary N) is 1. The molecule has 72 valence electrons. The van der Waals surface area contributed by atoms with Crippen LogP contribution >= 0.6 is 0 Å². The van der Waals surface area contributed by atoms with Crippen molar-refractivity contribution in [3.8, 4) is 0 Å². The molecule has 1 fully saturated rings. The summed E-state index contributed by atoms with van der Waals surface area (Å²) < 4.78 is 0. The van der Waals surface area contributed by atoms with E-state index in [-0.39, 0.29) is 0 Å². The van der Waals surface area contributed by atoms with Crippen molar-refractivity contribution in [1.29, 1.82) is 0 Å². The van der Waals surface area contributed by atoms with E-state index in [4.69, 9.17) is 5.73 Å². The Labute approximate surface area is 75.9 Å². The Kier molecular flexibility index (Phi) is 4.02. The van der Waals surface area contributed by atoms with Gasteiger partial charge in [0.1, 0.15) is 0 Å². The van der Waals surface area contributed by atoms with Gasteiger partial charge in [0.05, 0.1) is 0 Å². The van der Waals surface area contributed by atoms with Crippen molar-refractivity contribution >= 4 is 0 Å². The zero-order valence-electron chi connectivity index (χ0n) is 8.34. The van der Waals surface area contributed by atoms with Gasteiger partial charge in [-0.15, -0.1) is 0 Å². The van der Waals surface area contributed by atoms with Gasteiger partial charge in [-0.25, -0.2) is 0 Å². The second kappa shape index (κ2) is 4.83. The number of nitrogens with one attached hydrogen (secondary N) is 1. The Morgan fingerprint density at radius 3 is 2.33 bits per heavy atom. The fourth-order valence-corrected chi connectivity index (χ4v) is 2.17. The lowest BCUT2D eigenvalue weighted by atomic mass is 9.81. The average Bonchev–Trinajstić information content (AvgIpc) is 2.17. The lowest BCUT2D eigenvalue weighted by molar-refractivity contribution is 0.261. The lowest BCUT2D eigenvalue weighted by Gasteiger charge is -2.31. The fourth-order valence-electron chi connectivity index (χ4n) is 2.17. The zero-order chi connectivity index (χ0) is 8.97. The first-order valence-electron chi connectivity index (χ1n) is 5.20. The molecule has 2 heteroatoms. The van der Waals surface area contributed by atoms with E-state index < -0.39 is 0 Å². The van der Waals surface area contributed by atoms with Gasteiger partial charge in [0, 0.05) is 12.1 Å². The Morgan fingerprint density at radius 1 is 1.33 bits per heavy atom. The summed E-state index contributed by atoms with van der Waals surface area (Å²) in [7, 11) is 2.06. The van der Waals surface area contributed by atoms with Crippen LogP contribution in [0.4, 0.5) is 0 Å². The third kappa shape index (κ3) is 2.46. The first kappa shape index (κ1) is 10.0. The van der Waals surface area contributed by atoms with Crippen molar-refractivity contribution in [2.45, 2.75) is 51.1 Å². The molecule has 0 heterocycles. The quantitative estimate of drug-likeness (QED) is 0.673. The predicted octanol–water partition coefficient (Wildman–Crippen LogP) is 1.50. The van der Waals surface area contributed by atoms with Gasteiger partial charge in [-0.05, 0) is 45.1 Å². The van der Waals surface area contributed by atoms with Crippen LogP contribution in [-0.4, -0.2) is 19.1 Å². The lowest BCUT2D eigenvalue weighted by Crippen LogP contribution is -2.37. The van der Waals surface area contributed by atoms with E-state index in [1.54, 1.807) is 0 Å². The summed E-state index contributed by atoms with van der Waals surface area (Å²) in [4.78, 5) is 0. The Bertz CT molecular complexity index is 117. The minimum atomic E-state index is 0.447. The molecule has 0 bridgehead atoms. The molecule has 0 aliphatic heterocycles. The number of hydrogen-bond acceptors (Lipinski definition) is 2. The molecular formula is C10H22N2. The molecule has 1 aliphatic carbocycles. The number of rotatable bonds is 3. The molecule has 1 aliphatic rings. The smallest absolute Gasteiger partial charge is 0.00645 e. The maximum Gasteiger partial charge on any atom is 0.00645 e. The molecule has 0 aromatic rings. The van der Waals surface area contributed by atoms with Crippen molar-refractivity contribution in [3.63, 3.8) is 0 Å². The first-order chi connectivity index (χ1) is 5.77. The van der Waals surface area contributed by atoms with E-state index in [1.807, 2.05) is 0 Å². The summed E-state index contributed by atoms with van der Waals surface area (Å²) in [5.74, 6) is 0.791. The molecule has 0 spiro atoms. The maximum absolute atomic E-state index is 6.01. The molecule has 1 rings (SSSR count). The van der Waals surface area contributed by atoms with Crippen LogP contribution < -0.4 is 11.1 Å². The van der Waals surface area contributed by atoms with E-state index in [0.717, 1.165) is 18.4 Å². The third-order valence-corrected chi connectivity index (χ3v) is 3.26. The van der Waals surface area contributed by atoms with Gasteiger partial charge in [0.15, 0.2) is 0 Å². The van der Waals surface area contributed by atoms with Gasteiger partial charge in [0.2, 0.25) is 0 Å². The van der Waals surface area contributed by atoms with Crippen LogP contribution in [0.2, 0.25) is 0 Å². The van der Waals surface area contributed by atoms with Crippen molar-refractivity contribution in [3.05, 3.63) is 0 Å². The van der Waals surface area contributed by atoms with Crippen LogP contribution in [0.25, 0.3) is 0 Å². The van der Waals surface area contributed by atoms with Crippen LogP contribution in [0.5, 0.6) is 0 Å². The SMILES string of the molecule is CCC(N)C1CCC(NC)CC1. The highest BCUT2D eigenvalue weighted by Gasteiger charge is 2.23. The highest BCUT2D eigenvalue weighted by atomic mass is 14.9. The molecule has 0 amide bonds. The van der Waals surface area contributed by atoms with Crippen molar-refractivity contribution in [2.75, 3.05) is 7.05 Å². The largest absolute Gasteiger partial charge is 0.327 e. The molecule has 1 atom stereocenters. The molecule has 0 saturated heterocycles. The van der Waals surface area contributed by atoms with E-state index in [1.165, 1.54) is 25.7 Å². The molecule has 12 heavy (non-hydrogen) atoms. The second-order valence-electron chi connectivity index (χ2n) is 3.97. The van der Waals surface area contributed by atoms with Crippen LogP contribution in [0.15, 0.2) is 0 Å². The van der Waals surface area contributed by atoms with Gasteiger partial charge in [-0.1, -0.05) is 6.92 Å². The molecule has 1 unspecified atom stereocenters. The molecule has 0 aromatic carbocycles. The summed E-state index contributed by atoms with van der Waals surface area (Å²) >= 11 is 0. The van der Waals surface area contributed by atoms with Gasteiger partial charge < -0.3 is 11.1 Å². The summed E-state index contributed by atoms with van der Waals surface area (Å²) in [5, 5.41) is 3.34. The first-order valence-corrected chi connectivity index (χ1v) is 5.20. The Morgan fingerprint density at radius 2 is 1.92 bits per heavy atom. The standard InChI is InChI=1S/C10H22N2/c1-3-10(11)8-4-6-9(12-2)7-5-8/h8-10,12H,3-7,11H2,1-2H3. The zero-order valence-corrected chi connectivity index (χ0v) is 8.34. The summed E-state index contributed by atoms with van der Waals surface area (Å²) in [6.45, 7) is 2.19. The molecule has 3 N–H and O–H groups in total. The summed E-state index contributed by atoms with van der Waals surface area (Å²) in [6, 6.07) is 1.20. The Balaban J connectivity index is 2.25. The van der Waals surface area contributed by atoms with Gasteiger partial charge in [0.25, 0.3) is 0 Å². The van der Waals surface area contributed by atoms with Crippen LogP contribution in [-0.2, 0) is 0 Å². The molecule has 2 nitrogen and oxygen atoms in total. The van der Waals surface area contributed by atoms with Crippen molar-refractivity contribution in [1.82, 2.24) is 5.32 Å². The molecular weight excluding hydrogens is 148 g/mol. The normalized spacial score (nSPS) is 33.2. The highest BCUT2D eigenvalue weighted by Crippen LogP contribution is 2.26. The van der Waals surface area contributed by atoms with Gasteiger partial charge >= 0.3 is 0 Å². The van der Waals surface area contributed by atoms with Gasteiger partial charge in [-0.3, -0.25) is 0 Å². The maximum atomic E-state index is 6.01. The predicted molar refractivity (Wildman–Crippen MR) is 53.1 cm³/mol. The molecule has 0 radical (unpaired) electrons. The monoisotopic (exact) mass is 170 g/mol. The van der Waals surface area contributed by atoms with Crippen molar-refractivity contribution in [2.24, 2.45) is 11.7 Å². The molecule has 0 aromatic heterocycles. The minimum Gasteiger partial charge on any atom is -0.327 e. The van der Waals surface area contributed by atoms with Crippen LogP contribution in [0.3, 0.4) is 0 Å². The van der Waals surface area contributed by atoms with E-state index in [2.05, 4.69) is 19.3 Å². The topological polar surface area (TPSA) is 38.0 Å². The average molecular weight is 170 g/mol. The summed E-state index contributed by atoms with van der Waals surface area (Å²) in [6.07, 6.45) is 6.40. The van der Waals surface area contributed by atoms with E-state index >= 15 is 0 Å². The summed E-state index contributed by atoms with van der Waals surface area (Å²) in [5.41, 5.74) is 6.01. The molecule has 1 saturated carbocycles. The highest BCUT2D eigenvalue weighted by molar-refractivity contribution is 4.81. The Hall–Kier alpha value is -0.0800. The van der Waals surface area contributed by atoms with Crippen LogP contribution in [0, 0.1) is 5.92 Å². The van der Waals surface area contributed by atoms with E-state index in [0.29, 0.717) is 6.04 Å². The third-order valence-electron chi connectivity index (χ3n) is 3.26.